The smallest absolute Gasteiger partial charge is 0.420 e. The highest BCUT2D eigenvalue weighted by Crippen LogP contribution is 2.43. The molecule has 34 heavy (non-hydrogen) atoms. The van der Waals surface area contributed by atoms with Gasteiger partial charge in [-0.3, -0.25) is 0 Å². The zero-order valence-electron chi connectivity index (χ0n) is 17.2. The van der Waals surface area contributed by atoms with Crippen molar-refractivity contribution in [3.8, 4) is 23.0 Å². The van der Waals surface area contributed by atoms with Crippen molar-refractivity contribution in [3.05, 3.63) is 83.9 Å². The monoisotopic (exact) mass is 478 g/mol. The lowest BCUT2D eigenvalue weighted by Crippen LogP contribution is -2.08. The highest BCUT2D eigenvalue weighted by molar-refractivity contribution is 5.93. The molecule has 0 saturated carbocycles. The van der Waals surface area contributed by atoms with Crippen LogP contribution in [0.5, 0.6) is 23.0 Å². The summed E-state index contributed by atoms with van der Waals surface area (Å²) in [5.74, 6) is -0.852. The summed E-state index contributed by atoms with van der Waals surface area (Å²) in [5.41, 5.74) is 8.69. The molecule has 4 aromatic carbocycles. The average Bonchev–Trinajstić information content (AvgIpc) is 2.75. The maximum absolute atomic E-state index is 13.5. The van der Waals surface area contributed by atoms with Crippen molar-refractivity contribution in [2.75, 3.05) is 11.5 Å². The van der Waals surface area contributed by atoms with Gasteiger partial charge in [0, 0.05) is 22.1 Å². The van der Waals surface area contributed by atoms with Crippen molar-refractivity contribution in [2.45, 2.75) is 12.4 Å². The molecule has 0 aliphatic carbocycles. The minimum Gasteiger partial charge on any atom is -0.456 e. The van der Waals surface area contributed by atoms with Crippen LogP contribution in [0.2, 0.25) is 0 Å². The van der Waals surface area contributed by atoms with E-state index in [-0.39, 0.29) is 22.9 Å². The average molecular weight is 478 g/mol. The first-order valence-electron chi connectivity index (χ1n) is 9.74. The van der Waals surface area contributed by atoms with Gasteiger partial charge >= 0.3 is 12.4 Å². The number of anilines is 2. The predicted molar refractivity (Wildman–Crippen MR) is 116 cm³/mol. The van der Waals surface area contributed by atoms with Gasteiger partial charge in [0.2, 0.25) is 0 Å². The second-order valence-electron chi connectivity index (χ2n) is 7.32. The number of alkyl halides is 6. The highest BCUT2D eigenvalue weighted by Gasteiger charge is 2.36. The molecule has 0 fully saturated rings. The third kappa shape index (κ3) is 4.66. The quantitative estimate of drug-likeness (QED) is 0.234. The normalized spacial score (nSPS) is 12.1. The van der Waals surface area contributed by atoms with E-state index >= 15 is 0 Å². The molecule has 0 aromatic heterocycles. The van der Waals surface area contributed by atoms with Gasteiger partial charge in [-0.25, -0.2) is 0 Å². The molecule has 0 saturated heterocycles. The predicted octanol–water partition coefficient (Wildman–Crippen LogP) is 7.63. The third-order valence-corrected chi connectivity index (χ3v) is 4.90. The molecule has 0 heterocycles. The van der Waals surface area contributed by atoms with E-state index in [1.165, 1.54) is 36.4 Å². The molecule has 10 heteroatoms. The lowest BCUT2D eigenvalue weighted by Gasteiger charge is -2.17. The first kappa shape index (κ1) is 23.1. The van der Waals surface area contributed by atoms with Gasteiger partial charge in [-0.1, -0.05) is 24.3 Å². The lowest BCUT2D eigenvalue weighted by molar-refractivity contribution is -0.139. The van der Waals surface area contributed by atoms with Crippen LogP contribution in [0.3, 0.4) is 0 Å². The Kier molecular flexibility index (Phi) is 5.68. The molecule has 0 radical (unpaired) electrons. The van der Waals surface area contributed by atoms with E-state index in [0.29, 0.717) is 10.8 Å². The molecule has 4 rings (SSSR count). The van der Waals surface area contributed by atoms with Crippen molar-refractivity contribution in [1.82, 2.24) is 0 Å². The topological polar surface area (TPSA) is 70.5 Å². The van der Waals surface area contributed by atoms with Gasteiger partial charge in [0.25, 0.3) is 0 Å². The summed E-state index contributed by atoms with van der Waals surface area (Å²) in [6.07, 6.45) is -9.43. The molecule has 176 valence electrons. The maximum Gasteiger partial charge on any atom is 0.420 e. The minimum absolute atomic E-state index is 0.0478. The van der Waals surface area contributed by atoms with Crippen LogP contribution in [0.1, 0.15) is 11.1 Å². The minimum atomic E-state index is -4.72. The molecule has 0 aliphatic heterocycles. The standard InChI is InChI=1S/C24H16F6N2O2/c25-23(26,27)17-11-13(31)7-9-21(17)33-19-5-1-3-15-16(19)4-2-6-20(15)34-22-10-8-14(32)12-18(22)24(28,29)30/h1-12H,31-32H2. The number of hydrogen-bond acceptors (Lipinski definition) is 4. The van der Waals surface area contributed by atoms with Crippen LogP contribution in [0.4, 0.5) is 37.7 Å². The Morgan fingerprint density at radius 3 is 1.24 bits per heavy atom. The lowest BCUT2D eigenvalue weighted by atomic mass is 10.1. The summed E-state index contributed by atoms with van der Waals surface area (Å²) in [5, 5.41) is 0.655. The maximum atomic E-state index is 13.5. The van der Waals surface area contributed by atoms with Crippen LogP contribution in [-0.2, 0) is 12.4 Å². The molecule has 4 aromatic rings. The molecule has 0 spiro atoms. The van der Waals surface area contributed by atoms with E-state index in [1.807, 2.05) is 0 Å². The van der Waals surface area contributed by atoms with E-state index in [2.05, 4.69) is 0 Å². The number of nitrogens with two attached hydrogens (primary N) is 2. The number of ether oxygens (including phenoxy) is 2. The number of hydrogen-bond donors (Lipinski definition) is 2. The zero-order valence-corrected chi connectivity index (χ0v) is 17.2. The fraction of sp³-hybridized carbons (Fsp3) is 0.0833. The largest absolute Gasteiger partial charge is 0.456 e. The molecule has 4 N–H and O–H groups in total. The number of nitrogen functional groups attached to an aromatic ring is 2. The van der Waals surface area contributed by atoms with E-state index in [9.17, 15) is 26.3 Å². The first-order valence-corrected chi connectivity index (χ1v) is 9.74. The van der Waals surface area contributed by atoms with Crippen LogP contribution >= 0.6 is 0 Å². The summed E-state index contributed by atoms with van der Waals surface area (Å²) < 4.78 is 91.9. The Balaban J connectivity index is 1.78. The molecular weight excluding hydrogens is 462 g/mol. The van der Waals surface area contributed by atoms with Crippen LogP contribution in [0, 0.1) is 0 Å². The summed E-state index contributed by atoms with van der Waals surface area (Å²) >= 11 is 0. The first-order chi connectivity index (χ1) is 15.9. The molecule has 4 nitrogen and oxygen atoms in total. The molecular formula is C24H16F6N2O2. The van der Waals surface area contributed by atoms with E-state index in [1.54, 1.807) is 12.1 Å². The Morgan fingerprint density at radius 2 is 0.882 bits per heavy atom. The van der Waals surface area contributed by atoms with Crippen LogP contribution in [0.25, 0.3) is 10.8 Å². The van der Waals surface area contributed by atoms with Gasteiger partial charge in [-0.05, 0) is 48.5 Å². The SMILES string of the molecule is Nc1ccc(Oc2cccc3c(Oc4ccc(N)cc4C(F)(F)F)cccc23)c(C(F)(F)F)c1. The van der Waals surface area contributed by atoms with Gasteiger partial charge < -0.3 is 20.9 Å². The molecule has 0 atom stereocenters. The second-order valence-corrected chi connectivity index (χ2v) is 7.32. The number of rotatable bonds is 4. The van der Waals surface area contributed by atoms with Gasteiger partial charge in [0.1, 0.15) is 34.1 Å². The Morgan fingerprint density at radius 1 is 0.500 bits per heavy atom. The fourth-order valence-corrected chi connectivity index (χ4v) is 3.38. The van der Waals surface area contributed by atoms with Crippen LogP contribution < -0.4 is 20.9 Å². The van der Waals surface area contributed by atoms with Crippen molar-refractivity contribution < 1.29 is 35.8 Å². The molecule has 0 unspecified atom stereocenters. The van der Waals surface area contributed by atoms with Crippen molar-refractivity contribution >= 4 is 22.1 Å². The van der Waals surface area contributed by atoms with E-state index < -0.39 is 35.0 Å². The van der Waals surface area contributed by atoms with Gasteiger partial charge in [-0.15, -0.1) is 0 Å². The summed E-state index contributed by atoms with van der Waals surface area (Å²) in [6.45, 7) is 0. The van der Waals surface area contributed by atoms with Gasteiger partial charge in [0.05, 0.1) is 0 Å². The fourth-order valence-electron chi connectivity index (χ4n) is 3.38. The van der Waals surface area contributed by atoms with Crippen molar-refractivity contribution in [1.29, 1.82) is 0 Å². The van der Waals surface area contributed by atoms with Crippen LogP contribution in [-0.4, -0.2) is 0 Å². The second kappa shape index (κ2) is 8.36. The molecule has 0 bridgehead atoms. The summed E-state index contributed by atoms with van der Waals surface area (Å²) in [7, 11) is 0. The van der Waals surface area contributed by atoms with Crippen LogP contribution in [0.15, 0.2) is 72.8 Å². The molecule has 0 aliphatic rings. The van der Waals surface area contributed by atoms with Gasteiger partial charge in [0.15, 0.2) is 0 Å². The summed E-state index contributed by atoms with van der Waals surface area (Å²) in [4.78, 5) is 0. The molecule has 0 amide bonds. The number of halogens is 6. The Bertz CT molecular complexity index is 1260. The van der Waals surface area contributed by atoms with E-state index in [4.69, 9.17) is 20.9 Å². The van der Waals surface area contributed by atoms with E-state index in [0.717, 1.165) is 24.3 Å². The Hall–Kier alpha value is -4.08. The number of fused-ring (bicyclic) bond motifs is 1. The summed E-state index contributed by atoms with van der Waals surface area (Å²) in [6, 6.07) is 15.2. The zero-order chi connectivity index (χ0) is 24.7. The van der Waals surface area contributed by atoms with Gasteiger partial charge in [-0.2, -0.15) is 26.3 Å². The third-order valence-electron chi connectivity index (χ3n) is 4.90. The highest BCUT2D eigenvalue weighted by atomic mass is 19.4. The number of benzene rings is 4. The van der Waals surface area contributed by atoms with Crippen molar-refractivity contribution in [3.63, 3.8) is 0 Å². The Labute approximate surface area is 189 Å². The van der Waals surface area contributed by atoms with Crippen molar-refractivity contribution in [2.24, 2.45) is 0 Å².